The maximum absolute atomic E-state index is 12.6. The largest absolute Gasteiger partial charge is 0.464 e. The molecule has 3 rings (SSSR count). The first-order valence-electron chi connectivity index (χ1n) is 7.22. The van der Waals surface area contributed by atoms with E-state index in [1.165, 1.54) is 30.9 Å². The zero-order valence-corrected chi connectivity index (χ0v) is 12.8. The van der Waals surface area contributed by atoms with Crippen molar-refractivity contribution in [2.45, 2.75) is 38.0 Å². The van der Waals surface area contributed by atoms with Crippen LogP contribution in [0.3, 0.4) is 0 Å². The summed E-state index contributed by atoms with van der Waals surface area (Å²) in [6.07, 6.45) is 6.96. The van der Waals surface area contributed by atoms with Crippen molar-refractivity contribution in [2.75, 3.05) is 0 Å². The fourth-order valence-electron chi connectivity index (χ4n) is 3.00. The van der Waals surface area contributed by atoms with Crippen LogP contribution in [0.25, 0.3) is 11.0 Å². The van der Waals surface area contributed by atoms with Crippen molar-refractivity contribution >= 4 is 21.3 Å². The molecule has 1 aliphatic rings. The van der Waals surface area contributed by atoms with Crippen molar-refractivity contribution in [3.05, 3.63) is 40.2 Å². The highest BCUT2D eigenvalue weighted by Crippen LogP contribution is 2.32. The first kappa shape index (κ1) is 15.1. The highest BCUT2D eigenvalue weighted by Gasteiger charge is 2.20. The van der Waals surface area contributed by atoms with E-state index in [1.807, 2.05) is 0 Å². The lowest BCUT2D eigenvalue weighted by Gasteiger charge is -2.20. The van der Waals surface area contributed by atoms with Gasteiger partial charge in [-0.15, -0.1) is 0 Å². The topological polar surface area (TPSA) is 99.6 Å². The van der Waals surface area contributed by atoms with Crippen LogP contribution in [0, 0.1) is 0 Å². The Balaban J connectivity index is 2.01. The van der Waals surface area contributed by atoms with Crippen molar-refractivity contribution in [3.8, 4) is 5.75 Å². The first-order valence-corrected chi connectivity index (χ1v) is 8.69. The van der Waals surface area contributed by atoms with Crippen LogP contribution in [0.15, 0.2) is 33.7 Å². The summed E-state index contributed by atoms with van der Waals surface area (Å²) in [5.74, 6) is 0.262. The Kier molecular flexibility index (Phi) is 3.92. The molecule has 1 heterocycles. The van der Waals surface area contributed by atoms with Gasteiger partial charge < -0.3 is 8.60 Å². The van der Waals surface area contributed by atoms with E-state index >= 15 is 0 Å². The zero-order chi connectivity index (χ0) is 15.7. The lowest BCUT2D eigenvalue weighted by Crippen LogP contribution is -2.19. The van der Waals surface area contributed by atoms with Gasteiger partial charge in [0.05, 0.1) is 11.6 Å². The van der Waals surface area contributed by atoms with Gasteiger partial charge in [-0.3, -0.25) is 4.79 Å². The van der Waals surface area contributed by atoms with Gasteiger partial charge in [0, 0.05) is 11.6 Å². The predicted octanol–water partition coefficient (Wildman–Crippen LogP) is 2.42. The molecule has 0 spiro atoms. The van der Waals surface area contributed by atoms with E-state index in [0.29, 0.717) is 10.9 Å². The summed E-state index contributed by atoms with van der Waals surface area (Å²) in [4.78, 5) is 12.6. The molecule has 1 aromatic carbocycles. The lowest BCUT2D eigenvalue weighted by molar-refractivity contribution is 0.433. The summed E-state index contributed by atoms with van der Waals surface area (Å²) in [6.45, 7) is 0. The van der Waals surface area contributed by atoms with Gasteiger partial charge >= 0.3 is 10.3 Å². The van der Waals surface area contributed by atoms with Gasteiger partial charge in [0.15, 0.2) is 5.43 Å². The Hall–Kier alpha value is -1.86. The number of hydrogen-bond acceptors (Lipinski definition) is 5. The second-order valence-corrected chi connectivity index (χ2v) is 6.74. The molecular formula is C15H17NO5S. The van der Waals surface area contributed by atoms with Gasteiger partial charge in [0.1, 0.15) is 11.3 Å². The summed E-state index contributed by atoms with van der Waals surface area (Å²) < 4.78 is 32.0. The van der Waals surface area contributed by atoms with Crippen LogP contribution < -0.4 is 14.8 Å². The Morgan fingerprint density at radius 1 is 1.18 bits per heavy atom. The molecule has 1 aliphatic carbocycles. The molecule has 118 valence electrons. The molecule has 0 bridgehead atoms. The first-order chi connectivity index (χ1) is 10.4. The third kappa shape index (κ3) is 3.15. The van der Waals surface area contributed by atoms with E-state index in [-0.39, 0.29) is 22.7 Å². The lowest BCUT2D eigenvalue weighted by atomic mass is 9.84. The molecule has 2 N–H and O–H groups in total. The van der Waals surface area contributed by atoms with Crippen molar-refractivity contribution in [2.24, 2.45) is 5.14 Å². The Morgan fingerprint density at radius 3 is 2.59 bits per heavy atom. The molecule has 0 unspecified atom stereocenters. The molecule has 6 nitrogen and oxygen atoms in total. The van der Waals surface area contributed by atoms with Crippen molar-refractivity contribution in [3.63, 3.8) is 0 Å². The minimum absolute atomic E-state index is 0.0172. The predicted molar refractivity (Wildman–Crippen MR) is 82.0 cm³/mol. The maximum atomic E-state index is 12.6. The van der Waals surface area contributed by atoms with Crippen LogP contribution in [0.5, 0.6) is 5.75 Å². The minimum atomic E-state index is -4.10. The molecular weight excluding hydrogens is 306 g/mol. The van der Waals surface area contributed by atoms with Gasteiger partial charge in [0.25, 0.3) is 0 Å². The summed E-state index contributed by atoms with van der Waals surface area (Å²) in [6, 6.07) is 4.26. The van der Waals surface area contributed by atoms with Gasteiger partial charge in [0.2, 0.25) is 0 Å². The van der Waals surface area contributed by atoms with Crippen LogP contribution in [0.1, 0.15) is 43.6 Å². The Morgan fingerprint density at radius 2 is 1.91 bits per heavy atom. The van der Waals surface area contributed by atoms with Crippen LogP contribution in [-0.2, 0) is 10.3 Å². The smallest absolute Gasteiger partial charge is 0.380 e. The molecule has 0 saturated heterocycles. The minimum Gasteiger partial charge on any atom is -0.464 e. The molecule has 0 atom stereocenters. The maximum Gasteiger partial charge on any atom is 0.380 e. The molecule has 0 radical (unpaired) electrons. The van der Waals surface area contributed by atoms with Gasteiger partial charge in [-0.2, -0.15) is 13.6 Å². The quantitative estimate of drug-likeness (QED) is 0.935. The van der Waals surface area contributed by atoms with E-state index in [1.54, 1.807) is 0 Å². The van der Waals surface area contributed by atoms with Crippen LogP contribution in [0.2, 0.25) is 0 Å². The summed E-state index contributed by atoms with van der Waals surface area (Å²) in [7, 11) is -4.10. The highest BCUT2D eigenvalue weighted by molar-refractivity contribution is 7.84. The van der Waals surface area contributed by atoms with Crippen molar-refractivity contribution < 1.29 is 17.0 Å². The summed E-state index contributed by atoms with van der Waals surface area (Å²) >= 11 is 0. The average Bonchev–Trinajstić information content (AvgIpc) is 2.47. The van der Waals surface area contributed by atoms with E-state index in [4.69, 9.17) is 9.56 Å². The number of fused-ring (bicyclic) bond motifs is 1. The fraction of sp³-hybridized carbons (Fsp3) is 0.400. The monoisotopic (exact) mass is 323 g/mol. The Bertz CT molecular complexity index is 850. The van der Waals surface area contributed by atoms with E-state index in [2.05, 4.69) is 4.18 Å². The molecule has 1 saturated carbocycles. The third-order valence-electron chi connectivity index (χ3n) is 4.03. The fourth-order valence-corrected chi connectivity index (χ4v) is 3.38. The van der Waals surface area contributed by atoms with E-state index < -0.39 is 10.3 Å². The average molecular weight is 323 g/mol. The van der Waals surface area contributed by atoms with Crippen LogP contribution in [0.4, 0.5) is 0 Å². The SMILES string of the molecule is NS(=O)(=O)Oc1ccc2c(=O)c(C3CCCCC3)coc2c1. The summed E-state index contributed by atoms with van der Waals surface area (Å²) in [5, 5.41) is 5.24. The number of rotatable bonds is 3. The molecule has 22 heavy (non-hydrogen) atoms. The van der Waals surface area contributed by atoms with E-state index in [0.717, 1.165) is 25.7 Å². The van der Waals surface area contributed by atoms with Gasteiger partial charge in [-0.1, -0.05) is 19.3 Å². The second kappa shape index (κ2) is 5.73. The van der Waals surface area contributed by atoms with Gasteiger partial charge in [-0.05, 0) is 30.9 Å². The summed E-state index contributed by atoms with van der Waals surface area (Å²) in [5.41, 5.74) is 0.924. The third-order valence-corrected chi connectivity index (χ3v) is 4.45. The molecule has 0 aliphatic heterocycles. The van der Waals surface area contributed by atoms with Gasteiger partial charge in [-0.25, -0.2) is 0 Å². The normalized spacial score (nSPS) is 16.8. The molecule has 0 amide bonds. The van der Waals surface area contributed by atoms with Crippen molar-refractivity contribution in [1.29, 1.82) is 0 Å². The number of hydrogen-bond donors (Lipinski definition) is 1. The standard InChI is InChI=1S/C15H17NO5S/c16-22(18,19)21-11-6-7-12-14(8-11)20-9-13(15(12)17)10-4-2-1-3-5-10/h6-10H,1-5H2,(H2,16,18,19). The highest BCUT2D eigenvalue weighted by atomic mass is 32.2. The number of benzene rings is 1. The molecule has 2 aromatic rings. The van der Waals surface area contributed by atoms with Crippen LogP contribution >= 0.6 is 0 Å². The van der Waals surface area contributed by atoms with E-state index in [9.17, 15) is 13.2 Å². The van der Waals surface area contributed by atoms with Crippen molar-refractivity contribution in [1.82, 2.24) is 0 Å². The zero-order valence-electron chi connectivity index (χ0n) is 11.9. The molecule has 1 aromatic heterocycles. The molecule has 1 fully saturated rings. The van der Waals surface area contributed by atoms with Crippen LogP contribution in [-0.4, -0.2) is 8.42 Å². The second-order valence-electron chi connectivity index (χ2n) is 5.59. The Labute approximate surface area is 128 Å². The number of nitrogens with two attached hydrogens (primary N) is 1. The molecule has 7 heteroatoms.